The molecule has 0 bridgehead atoms. The zero-order chi connectivity index (χ0) is 17.2. The molecule has 0 saturated carbocycles. The third kappa shape index (κ3) is 10.3. The van der Waals surface area contributed by atoms with E-state index in [0.29, 0.717) is 25.2 Å². The van der Waals surface area contributed by atoms with E-state index in [2.05, 4.69) is 16.0 Å². The van der Waals surface area contributed by atoms with E-state index in [1.807, 2.05) is 45.1 Å². The van der Waals surface area contributed by atoms with Crippen LogP contribution in [-0.2, 0) is 11.3 Å². The first-order valence-corrected chi connectivity index (χ1v) is 7.88. The fourth-order valence-corrected chi connectivity index (χ4v) is 2.03. The van der Waals surface area contributed by atoms with Gasteiger partial charge in [0.05, 0.1) is 0 Å². The molecule has 0 aliphatic heterocycles. The van der Waals surface area contributed by atoms with Crippen molar-refractivity contribution in [2.24, 2.45) is 5.92 Å². The molecule has 0 radical (unpaired) electrons. The molecular weight excluding hydrogens is 363 g/mol. The zero-order valence-electron chi connectivity index (χ0n) is 15.3. The van der Waals surface area contributed by atoms with E-state index >= 15 is 0 Å². The van der Waals surface area contributed by atoms with Gasteiger partial charge in [-0.1, -0.05) is 19.1 Å². The van der Waals surface area contributed by atoms with Gasteiger partial charge in [-0.25, -0.2) is 0 Å². The molecule has 1 aromatic rings. The van der Waals surface area contributed by atoms with Gasteiger partial charge >= 0.3 is 0 Å². The fourth-order valence-electron chi connectivity index (χ4n) is 2.03. The Balaban J connectivity index is 0. The van der Waals surface area contributed by atoms with E-state index < -0.39 is 0 Å². The van der Waals surface area contributed by atoms with E-state index in [1.165, 1.54) is 0 Å². The quantitative estimate of drug-likeness (QED) is 0.591. The second-order valence-electron chi connectivity index (χ2n) is 5.93. The molecule has 6 nitrogen and oxygen atoms in total. The molecule has 0 spiro atoms. The maximum Gasteiger partial charge on any atom is 0.251 e. The molecule has 1 aromatic carbocycles. The minimum Gasteiger partial charge on any atom is -0.352 e. The Morgan fingerprint density at radius 2 is 1.68 bits per heavy atom. The number of rotatable bonds is 9. The number of carbonyl (C=O) groups excluding carboxylic acids is 2. The third-order valence-electron chi connectivity index (χ3n) is 3.49. The Morgan fingerprint density at radius 3 is 2.20 bits per heavy atom. The maximum absolute atomic E-state index is 12.0. The molecule has 1 unspecified atom stereocenters. The Morgan fingerprint density at radius 1 is 1.08 bits per heavy atom. The standard InChI is InChI=1S/C17H28N4O2.2ClH/c1-13(11-18-2)16(22)20-12-14-5-7-15(8-6-14)17(23)19-9-10-21(3)4;;/h5-8,13,18H,9-12H2,1-4H3,(H,19,23)(H,20,22);2*1H. The van der Waals surface area contributed by atoms with Gasteiger partial charge in [0, 0.05) is 37.7 Å². The number of halogens is 2. The summed E-state index contributed by atoms with van der Waals surface area (Å²) in [6.45, 7) is 4.42. The van der Waals surface area contributed by atoms with E-state index in [-0.39, 0.29) is 42.5 Å². The average Bonchev–Trinajstić information content (AvgIpc) is 2.52. The third-order valence-corrected chi connectivity index (χ3v) is 3.49. The zero-order valence-corrected chi connectivity index (χ0v) is 16.9. The SMILES string of the molecule is CNCC(C)C(=O)NCc1ccc(C(=O)NCCN(C)C)cc1.Cl.Cl. The maximum atomic E-state index is 12.0. The van der Waals surface area contributed by atoms with Crippen LogP contribution in [-0.4, -0.2) is 57.5 Å². The molecule has 2 amide bonds. The van der Waals surface area contributed by atoms with Gasteiger partial charge in [0.2, 0.25) is 5.91 Å². The molecule has 25 heavy (non-hydrogen) atoms. The Kier molecular flexibility index (Phi) is 14.4. The van der Waals surface area contributed by atoms with Crippen molar-refractivity contribution in [1.29, 1.82) is 0 Å². The predicted molar refractivity (Wildman–Crippen MR) is 107 cm³/mol. The Bertz CT molecular complexity index is 510. The number of likely N-dealkylation sites (N-methyl/N-ethyl adjacent to an activating group) is 1. The molecule has 0 aliphatic carbocycles. The first-order valence-electron chi connectivity index (χ1n) is 7.88. The van der Waals surface area contributed by atoms with Crippen LogP contribution in [0, 0.1) is 5.92 Å². The van der Waals surface area contributed by atoms with E-state index in [4.69, 9.17) is 0 Å². The molecular formula is C17H30Cl2N4O2. The summed E-state index contributed by atoms with van der Waals surface area (Å²) in [6.07, 6.45) is 0. The lowest BCUT2D eigenvalue weighted by molar-refractivity contribution is -0.124. The largest absolute Gasteiger partial charge is 0.352 e. The summed E-state index contributed by atoms with van der Waals surface area (Å²) in [7, 11) is 5.76. The van der Waals surface area contributed by atoms with E-state index in [9.17, 15) is 9.59 Å². The first kappa shape index (κ1) is 25.9. The van der Waals surface area contributed by atoms with Crippen molar-refractivity contribution in [3.8, 4) is 0 Å². The molecule has 1 atom stereocenters. The summed E-state index contributed by atoms with van der Waals surface area (Å²) >= 11 is 0. The highest BCUT2D eigenvalue weighted by Gasteiger charge is 2.11. The van der Waals surface area contributed by atoms with Gasteiger partial charge in [-0.2, -0.15) is 0 Å². The first-order chi connectivity index (χ1) is 10.9. The molecule has 0 aliphatic rings. The monoisotopic (exact) mass is 392 g/mol. The van der Waals surface area contributed by atoms with Crippen molar-refractivity contribution >= 4 is 36.6 Å². The van der Waals surface area contributed by atoms with E-state index in [1.54, 1.807) is 12.1 Å². The molecule has 0 heterocycles. The lowest BCUT2D eigenvalue weighted by Crippen LogP contribution is -2.34. The van der Waals surface area contributed by atoms with Gasteiger partial charge in [-0.05, 0) is 38.8 Å². The summed E-state index contributed by atoms with van der Waals surface area (Å²) in [6, 6.07) is 7.29. The van der Waals surface area contributed by atoms with Crippen LogP contribution in [0.1, 0.15) is 22.8 Å². The van der Waals surface area contributed by atoms with Crippen LogP contribution in [0.15, 0.2) is 24.3 Å². The second kappa shape index (κ2) is 13.9. The van der Waals surface area contributed by atoms with Crippen LogP contribution in [0.2, 0.25) is 0 Å². The van der Waals surface area contributed by atoms with Crippen molar-refractivity contribution < 1.29 is 9.59 Å². The highest BCUT2D eigenvalue weighted by Crippen LogP contribution is 2.05. The topological polar surface area (TPSA) is 73.5 Å². The number of carbonyl (C=O) groups is 2. The lowest BCUT2D eigenvalue weighted by Gasteiger charge is -2.12. The van der Waals surface area contributed by atoms with Gasteiger partial charge in [-0.15, -0.1) is 24.8 Å². The van der Waals surface area contributed by atoms with Crippen LogP contribution in [0.4, 0.5) is 0 Å². The summed E-state index contributed by atoms with van der Waals surface area (Å²) < 4.78 is 0. The number of amides is 2. The van der Waals surface area contributed by atoms with Crippen molar-refractivity contribution in [3.05, 3.63) is 35.4 Å². The van der Waals surface area contributed by atoms with Gasteiger partial charge < -0.3 is 20.9 Å². The summed E-state index contributed by atoms with van der Waals surface area (Å²) in [4.78, 5) is 25.8. The van der Waals surface area contributed by atoms with Crippen molar-refractivity contribution in [2.45, 2.75) is 13.5 Å². The molecule has 1 rings (SSSR count). The molecule has 8 heteroatoms. The lowest BCUT2D eigenvalue weighted by atomic mass is 10.1. The Labute approximate surface area is 162 Å². The molecule has 0 aromatic heterocycles. The van der Waals surface area contributed by atoms with Gasteiger partial charge in [0.15, 0.2) is 0 Å². The van der Waals surface area contributed by atoms with Gasteiger partial charge in [0.25, 0.3) is 5.91 Å². The van der Waals surface area contributed by atoms with Crippen LogP contribution in [0.25, 0.3) is 0 Å². The second-order valence-corrected chi connectivity index (χ2v) is 5.93. The van der Waals surface area contributed by atoms with Crippen LogP contribution in [0.5, 0.6) is 0 Å². The highest BCUT2D eigenvalue weighted by molar-refractivity contribution is 5.94. The molecule has 0 saturated heterocycles. The van der Waals surface area contributed by atoms with Crippen LogP contribution >= 0.6 is 24.8 Å². The molecule has 3 N–H and O–H groups in total. The summed E-state index contributed by atoms with van der Waals surface area (Å²) in [5.41, 5.74) is 1.60. The summed E-state index contributed by atoms with van der Waals surface area (Å²) in [5, 5.41) is 8.75. The number of hydrogen-bond acceptors (Lipinski definition) is 4. The van der Waals surface area contributed by atoms with Crippen molar-refractivity contribution in [2.75, 3.05) is 40.8 Å². The van der Waals surface area contributed by atoms with Gasteiger partial charge in [0.1, 0.15) is 0 Å². The predicted octanol–water partition coefficient (Wildman–Crippen LogP) is 1.29. The fraction of sp³-hybridized carbons (Fsp3) is 0.529. The normalized spacial score (nSPS) is 11.1. The number of hydrogen-bond donors (Lipinski definition) is 3. The minimum absolute atomic E-state index is 0. The number of benzene rings is 1. The van der Waals surface area contributed by atoms with Crippen molar-refractivity contribution in [1.82, 2.24) is 20.9 Å². The van der Waals surface area contributed by atoms with Crippen LogP contribution < -0.4 is 16.0 Å². The molecule has 0 fully saturated rings. The van der Waals surface area contributed by atoms with Crippen molar-refractivity contribution in [3.63, 3.8) is 0 Å². The minimum atomic E-state index is -0.0786. The smallest absolute Gasteiger partial charge is 0.251 e. The highest BCUT2D eigenvalue weighted by atomic mass is 35.5. The summed E-state index contributed by atoms with van der Waals surface area (Å²) in [5.74, 6) is -0.128. The average molecular weight is 393 g/mol. The van der Waals surface area contributed by atoms with E-state index in [0.717, 1.165) is 12.1 Å². The number of nitrogens with zero attached hydrogens (tertiary/aromatic N) is 1. The van der Waals surface area contributed by atoms with Crippen LogP contribution in [0.3, 0.4) is 0 Å². The Hall–Kier alpha value is -1.34. The number of nitrogens with one attached hydrogen (secondary N) is 3. The van der Waals surface area contributed by atoms with Gasteiger partial charge in [-0.3, -0.25) is 9.59 Å². The molecule has 144 valence electrons.